The number of carboxylic acids is 1. The normalized spacial score (nSPS) is 8.50. The molecule has 0 amide bonds. The number of aromatic carboxylic acids is 1. The Morgan fingerprint density at radius 1 is 1.56 bits per heavy atom. The quantitative estimate of drug-likeness (QED) is 0.341. The van der Waals surface area contributed by atoms with Crippen LogP contribution in [0.5, 0.6) is 5.75 Å². The van der Waals surface area contributed by atoms with Crippen LogP contribution < -0.4 is 0 Å². The van der Waals surface area contributed by atoms with Crippen molar-refractivity contribution < 1.29 is 15.0 Å². The van der Waals surface area contributed by atoms with Gasteiger partial charge in [0.2, 0.25) is 0 Å². The fourth-order valence-electron chi connectivity index (χ4n) is 0.994. The summed E-state index contributed by atoms with van der Waals surface area (Å²) in [7, 11) is 0. The number of carbonyl (C=O) groups is 1. The molecule has 6 nitrogen and oxygen atoms in total. The van der Waals surface area contributed by atoms with E-state index in [0.717, 1.165) is 0 Å². The molecule has 1 aromatic rings. The average Bonchev–Trinajstić information content (AvgIpc) is 2.26. The van der Waals surface area contributed by atoms with Gasteiger partial charge in [-0.15, -0.1) is 0 Å². The lowest BCUT2D eigenvalue weighted by Gasteiger charge is -1.98. The van der Waals surface area contributed by atoms with Gasteiger partial charge in [-0.1, -0.05) is 17.0 Å². The third kappa shape index (κ3) is 2.94. The summed E-state index contributed by atoms with van der Waals surface area (Å²) in [6.07, 6.45) is 0. The molecule has 0 spiro atoms. The molecule has 0 bridgehead atoms. The fourth-order valence-corrected chi connectivity index (χ4v) is 0.994. The van der Waals surface area contributed by atoms with Crippen LogP contribution in [0.4, 0.5) is 0 Å². The Morgan fingerprint density at radius 3 is 2.94 bits per heavy atom. The summed E-state index contributed by atoms with van der Waals surface area (Å²) in [6.45, 7) is 0.0137. The van der Waals surface area contributed by atoms with Gasteiger partial charge in [0.25, 0.3) is 0 Å². The number of aromatic hydroxyl groups is 1. The number of hydrogen-bond donors (Lipinski definition) is 2. The molecular weight excluding hydrogens is 210 g/mol. The molecule has 1 rings (SSSR count). The van der Waals surface area contributed by atoms with Crippen molar-refractivity contribution >= 4 is 5.97 Å². The molecule has 0 atom stereocenters. The van der Waals surface area contributed by atoms with Gasteiger partial charge in [-0.05, 0) is 23.7 Å². The zero-order chi connectivity index (χ0) is 12.0. The Bertz CT molecular complexity index is 522. The van der Waals surface area contributed by atoms with Gasteiger partial charge in [0.05, 0.1) is 6.54 Å². The number of carboxylic acid groups (broad SMARTS) is 1. The molecule has 0 aliphatic rings. The minimum Gasteiger partial charge on any atom is -0.507 e. The predicted molar refractivity (Wildman–Crippen MR) is 56.0 cm³/mol. The number of hydrogen-bond acceptors (Lipinski definition) is 3. The Labute approximate surface area is 90.8 Å². The summed E-state index contributed by atoms with van der Waals surface area (Å²) in [6, 6.07) is 3.98. The Hall–Kier alpha value is -2.64. The van der Waals surface area contributed by atoms with Crippen LogP contribution in [0.25, 0.3) is 10.4 Å². The van der Waals surface area contributed by atoms with Crippen LogP contribution in [0, 0.1) is 11.8 Å². The topological polar surface area (TPSA) is 106 Å². The van der Waals surface area contributed by atoms with Gasteiger partial charge >= 0.3 is 5.97 Å². The van der Waals surface area contributed by atoms with Gasteiger partial charge in [0, 0.05) is 10.5 Å². The maximum absolute atomic E-state index is 10.7. The van der Waals surface area contributed by atoms with Gasteiger partial charge in [-0.2, -0.15) is 0 Å². The van der Waals surface area contributed by atoms with E-state index in [0.29, 0.717) is 5.56 Å². The van der Waals surface area contributed by atoms with E-state index in [1.54, 1.807) is 0 Å². The van der Waals surface area contributed by atoms with Gasteiger partial charge in [-0.25, -0.2) is 4.79 Å². The van der Waals surface area contributed by atoms with E-state index in [9.17, 15) is 9.90 Å². The highest BCUT2D eigenvalue weighted by Gasteiger charge is 2.08. The highest BCUT2D eigenvalue weighted by Crippen LogP contribution is 2.17. The largest absolute Gasteiger partial charge is 0.507 e. The van der Waals surface area contributed by atoms with E-state index in [1.165, 1.54) is 18.2 Å². The van der Waals surface area contributed by atoms with Gasteiger partial charge in [0.15, 0.2) is 0 Å². The molecule has 16 heavy (non-hydrogen) atoms. The Morgan fingerprint density at radius 2 is 2.31 bits per heavy atom. The molecule has 80 valence electrons. The second-order valence-electron chi connectivity index (χ2n) is 2.73. The number of phenols is 1. The lowest BCUT2D eigenvalue weighted by molar-refractivity contribution is 0.0693. The van der Waals surface area contributed by atoms with Crippen molar-refractivity contribution in [1.82, 2.24) is 0 Å². The summed E-state index contributed by atoms with van der Waals surface area (Å²) >= 11 is 0. The van der Waals surface area contributed by atoms with Crippen LogP contribution in [0.1, 0.15) is 15.9 Å². The summed E-state index contributed by atoms with van der Waals surface area (Å²) in [4.78, 5) is 13.2. The summed E-state index contributed by atoms with van der Waals surface area (Å²) < 4.78 is 0. The Kier molecular flexibility index (Phi) is 3.78. The number of nitrogens with zero attached hydrogens (tertiary/aromatic N) is 3. The molecular formula is C10H7N3O3. The molecule has 0 saturated heterocycles. The minimum atomic E-state index is -1.23. The minimum absolute atomic E-state index is 0.0137. The zero-order valence-corrected chi connectivity index (χ0v) is 8.08. The molecule has 0 aliphatic heterocycles. The van der Waals surface area contributed by atoms with Crippen molar-refractivity contribution in [2.75, 3.05) is 6.54 Å². The molecule has 1 aromatic carbocycles. The second-order valence-corrected chi connectivity index (χ2v) is 2.73. The van der Waals surface area contributed by atoms with Crippen LogP contribution in [0.15, 0.2) is 23.3 Å². The monoisotopic (exact) mass is 217 g/mol. The SMILES string of the molecule is [N-]=[N+]=NCC#Cc1ccc(O)c(C(=O)O)c1. The van der Waals surface area contributed by atoms with Crippen molar-refractivity contribution in [1.29, 1.82) is 0 Å². The van der Waals surface area contributed by atoms with Crippen molar-refractivity contribution in [3.63, 3.8) is 0 Å². The molecule has 0 aliphatic carbocycles. The van der Waals surface area contributed by atoms with Gasteiger partial charge in [0.1, 0.15) is 11.3 Å². The molecule has 0 aromatic heterocycles. The average molecular weight is 217 g/mol. The summed E-state index contributed by atoms with van der Waals surface area (Å²) in [5.41, 5.74) is 8.22. The van der Waals surface area contributed by atoms with E-state index in [1.807, 2.05) is 0 Å². The highest BCUT2D eigenvalue weighted by atomic mass is 16.4. The lowest BCUT2D eigenvalue weighted by Crippen LogP contribution is -1.97. The van der Waals surface area contributed by atoms with Crippen molar-refractivity contribution in [2.24, 2.45) is 5.11 Å². The van der Waals surface area contributed by atoms with E-state index < -0.39 is 5.97 Å². The molecule has 6 heteroatoms. The molecule has 2 N–H and O–H groups in total. The molecule has 0 unspecified atom stereocenters. The van der Waals surface area contributed by atoms with Crippen LogP contribution >= 0.6 is 0 Å². The van der Waals surface area contributed by atoms with E-state index in [4.69, 9.17) is 10.6 Å². The zero-order valence-electron chi connectivity index (χ0n) is 8.08. The van der Waals surface area contributed by atoms with Crippen molar-refractivity contribution in [3.05, 3.63) is 39.8 Å². The molecule has 0 fully saturated rings. The maximum atomic E-state index is 10.7. The van der Waals surface area contributed by atoms with Crippen LogP contribution in [0.2, 0.25) is 0 Å². The maximum Gasteiger partial charge on any atom is 0.339 e. The van der Waals surface area contributed by atoms with E-state index in [-0.39, 0.29) is 17.9 Å². The first-order valence-electron chi connectivity index (χ1n) is 4.21. The molecule has 0 saturated carbocycles. The summed E-state index contributed by atoms with van der Waals surface area (Å²) in [5.74, 6) is 3.62. The molecule has 0 heterocycles. The number of azide groups is 1. The lowest BCUT2D eigenvalue weighted by atomic mass is 10.1. The first-order chi connectivity index (χ1) is 7.65. The third-order valence-corrected chi connectivity index (χ3v) is 1.67. The van der Waals surface area contributed by atoms with Crippen LogP contribution in [-0.2, 0) is 0 Å². The number of benzene rings is 1. The fraction of sp³-hybridized carbons (Fsp3) is 0.100. The second kappa shape index (κ2) is 5.29. The van der Waals surface area contributed by atoms with Crippen molar-refractivity contribution in [3.8, 4) is 17.6 Å². The third-order valence-electron chi connectivity index (χ3n) is 1.67. The van der Waals surface area contributed by atoms with E-state index >= 15 is 0 Å². The van der Waals surface area contributed by atoms with Crippen LogP contribution in [0.3, 0.4) is 0 Å². The van der Waals surface area contributed by atoms with E-state index in [2.05, 4.69) is 21.9 Å². The smallest absolute Gasteiger partial charge is 0.339 e. The first kappa shape index (κ1) is 11.4. The van der Waals surface area contributed by atoms with Gasteiger partial charge in [-0.3, -0.25) is 0 Å². The molecule has 0 radical (unpaired) electrons. The first-order valence-corrected chi connectivity index (χ1v) is 4.21. The van der Waals surface area contributed by atoms with Gasteiger partial charge < -0.3 is 10.2 Å². The Balaban J connectivity index is 2.97. The highest BCUT2D eigenvalue weighted by molar-refractivity contribution is 5.91. The van der Waals surface area contributed by atoms with Crippen LogP contribution in [-0.4, -0.2) is 22.7 Å². The standard InChI is InChI=1S/C10H7N3O3/c11-13-12-5-1-2-7-3-4-9(14)8(6-7)10(15)16/h3-4,6,14H,5H2,(H,15,16). The number of rotatable bonds is 2. The summed E-state index contributed by atoms with van der Waals surface area (Å²) in [5, 5.41) is 21.1. The predicted octanol–water partition coefficient (Wildman–Crippen LogP) is 1.75. The van der Waals surface area contributed by atoms with Crippen molar-refractivity contribution in [2.45, 2.75) is 0 Å².